The number of aryl methyl sites for hydroxylation is 1. The minimum absolute atomic E-state index is 0.0542. The predicted molar refractivity (Wildman–Crippen MR) is 119 cm³/mol. The summed E-state index contributed by atoms with van der Waals surface area (Å²) in [5.74, 6) is 0.974. The predicted octanol–water partition coefficient (Wildman–Crippen LogP) is 4.44. The molecule has 2 aliphatic heterocycles. The fraction of sp³-hybridized carbons (Fsp3) is 0.455. The van der Waals surface area contributed by atoms with Crippen LogP contribution in [0.4, 0.5) is 21.8 Å². The highest BCUT2D eigenvalue weighted by Crippen LogP contribution is 2.36. The molecule has 4 rings (SSSR count). The van der Waals surface area contributed by atoms with E-state index in [4.69, 9.17) is 22.1 Å². The van der Waals surface area contributed by atoms with Crippen molar-refractivity contribution in [3.8, 4) is 0 Å². The van der Waals surface area contributed by atoms with Gasteiger partial charge < -0.3 is 20.3 Å². The van der Waals surface area contributed by atoms with Crippen LogP contribution in [0.5, 0.6) is 0 Å². The molecule has 160 valence electrons. The molecule has 1 saturated heterocycles. The number of hydrogen-bond donors (Lipinski definition) is 1. The van der Waals surface area contributed by atoms with Gasteiger partial charge in [-0.3, -0.25) is 0 Å². The zero-order valence-corrected chi connectivity index (χ0v) is 18.1. The Bertz CT molecular complexity index is 946. The van der Waals surface area contributed by atoms with E-state index in [1.807, 2.05) is 43.0 Å². The van der Waals surface area contributed by atoms with Gasteiger partial charge in [-0.1, -0.05) is 17.7 Å². The standard InChI is InChI=1S/C22H27ClFN5O/c1-14-6-8-28(12-19(14)24)16-4-5-17(18(23)11-16)20-13-30-9-3-7-29(20)21-10-15(2)26-22(25)27-21/h4-5,10-11,20H,3,6-9,12-13H2,1-2H3,(H2,25,26,27)/t20-/m1/s1. The maximum atomic E-state index is 14.1. The minimum atomic E-state index is -0.0945. The smallest absolute Gasteiger partial charge is 0.222 e. The third kappa shape index (κ3) is 4.37. The summed E-state index contributed by atoms with van der Waals surface area (Å²) in [6.45, 7) is 6.79. The molecule has 1 fully saturated rings. The Hall–Kier alpha value is -2.38. The molecule has 6 nitrogen and oxygen atoms in total. The molecule has 2 N–H and O–H groups in total. The van der Waals surface area contributed by atoms with E-state index in [9.17, 15) is 4.39 Å². The molecule has 0 bridgehead atoms. The van der Waals surface area contributed by atoms with Crippen molar-refractivity contribution >= 4 is 29.1 Å². The average Bonchev–Trinajstić information content (AvgIpc) is 2.95. The number of halogens is 2. The van der Waals surface area contributed by atoms with Crippen LogP contribution in [-0.4, -0.2) is 42.8 Å². The lowest BCUT2D eigenvalue weighted by Gasteiger charge is -2.33. The molecule has 8 heteroatoms. The van der Waals surface area contributed by atoms with Gasteiger partial charge in [0.15, 0.2) is 0 Å². The van der Waals surface area contributed by atoms with E-state index in [0.29, 0.717) is 24.8 Å². The zero-order chi connectivity index (χ0) is 21.3. The molecule has 1 aromatic carbocycles. The summed E-state index contributed by atoms with van der Waals surface area (Å²) in [7, 11) is 0. The Morgan fingerprint density at radius 1 is 1.20 bits per heavy atom. The van der Waals surface area contributed by atoms with Crippen LogP contribution in [0, 0.1) is 6.92 Å². The van der Waals surface area contributed by atoms with E-state index in [-0.39, 0.29) is 17.8 Å². The number of benzene rings is 1. The van der Waals surface area contributed by atoms with Crippen LogP contribution in [0.3, 0.4) is 0 Å². The molecule has 30 heavy (non-hydrogen) atoms. The number of nitrogens with zero attached hydrogens (tertiary/aromatic N) is 4. The van der Waals surface area contributed by atoms with Crippen molar-refractivity contribution in [2.24, 2.45) is 0 Å². The molecule has 1 atom stereocenters. The quantitative estimate of drug-likeness (QED) is 0.774. The second kappa shape index (κ2) is 8.78. The summed E-state index contributed by atoms with van der Waals surface area (Å²) in [4.78, 5) is 12.8. The maximum Gasteiger partial charge on any atom is 0.222 e. The molecular weight excluding hydrogens is 405 g/mol. The molecule has 2 aromatic rings. The molecule has 1 aromatic heterocycles. The Balaban J connectivity index is 1.65. The van der Waals surface area contributed by atoms with Crippen LogP contribution in [0.1, 0.15) is 37.1 Å². The van der Waals surface area contributed by atoms with Crippen molar-refractivity contribution in [2.45, 2.75) is 32.7 Å². The highest BCUT2D eigenvalue weighted by atomic mass is 35.5. The third-order valence-electron chi connectivity index (χ3n) is 5.75. The van der Waals surface area contributed by atoms with E-state index < -0.39 is 0 Å². The number of hydrogen-bond acceptors (Lipinski definition) is 6. The van der Waals surface area contributed by atoms with Crippen molar-refractivity contribution < 1.29 is 9.13 Å². The third-order valence-corrected chi connectivity index (χ3v) is 6.08. The normalized spacial score (nSPS) is 20.5. The topological polar surface area (TPSA) is 67.5 Å². The van der Waals surface area contributed by atoms with Crippen LogP contribution in [0.2, 0.25) is 5.02 Å². The first-order chi connectivity index (χ1) is 14.4. The lowest BCUT2D eigenvalue weighted by atomic mass is 10.0. The largest absolute Gasteiger partial charge is 0.379 e. The van der Waals surface area contributed by atoms with Crippen molar-refractivity contribution in [3.05, 3.63) is 51.9 Å². The first-order valence-corrected chi connectivity index (χ1v) is 10.6. The second-order valence-electron chi connectivity index (χ2n) is 7.93. The monoisotopic (exact) mass is 431 g/mol. The highest BCUT2D eigenvalue weighted by Gasteiger charge is 2.27. The Morgan fingerprint density at radius 2 is 2.03 bits per heavy atom. The van der Waals surface area contributed by atoms with Gasteiger partial charge in [0.05, 0.1) is 19.2 Å². The Labute approximate surface area is 181 Å². The fourth-order valence-electron chi connectivity index (χ4n) is 4.05. The van der Waals surface area contributed by atoms with Crippen molar-refractivity contribution in [1.82, 2.24) is 9.97 Å². The van der Waals surface area contributed by atoms with Crippen LogP contribution in [0.25, 0.3) is 0 Å². The number of nitrogens with two attached hydrogens (primary N) is 1. The average molecular weight is 432 g/mol. The zero-order valence-electron chi connectivity index (χ0n) is 17.4. The summed E-state index contributed by atoms with van der Waals surface area (Å²) >= 11 is 6.74. The number of anilines is 3. The van der Waals surface area contributed by atoms with Gasteiger partial charge in [-0.05, 0) is 50.0 Å². The molecule has 0 amide bonds. The summed E-state index contributed by atoms with van der Waals surface area (Å²) in [6.07, 6.45) is 1.61. The van der Waals surface area contributed by atoms with Gasteiger partial charge in [-0.25, -0.2) is 9.37 Å². The van der Waals surface area contributed by atoms with E-state index in [2.05, 4.69) is 14.9 Å². The summed E-state index contributed by atoms with van der Waals surface area (Å²) in [6, 6.07) is 7.79. The van der Waals surface area contributed by atoms with E-state index in [0.717, 1.165) is 54.3 Å². The van der Waals surface area contributed by atoms with E-state index in [1.54, 1.807) is 0 Å². The summed E-state index contributed by atoms with van der Waals surface area (Å²) in [5, 5.41) is 0.637. The van der Waals surface area contributed by atoms with Crippen LogP contribution < -0.4 is 15.5 Å². The Morgan fingerprint density at radius 3 is 2.77 bits per heavy atom. The van der Waals surface area contributed by atoms with Crippen LogP contribution in [0.15, 0.2) is 35.7 Å². The van der Waals surface area contributed by atoms with Crippen LogP contribution >= 0.6 is 11.6 Å². The van der Waals surface area contributed by atoms with Gasteiger partial charge >= 0.3 is 0 Å². The lowest BCUT2D eigenvalue weighted by molar-refractivity contribution is 0.134. The van der Waals surface area contributed by atoms with Gasteiger partial charge in [0.25, 0.3) is 0 Å². The van der Waals surface area contributed by atoms with Gasteiger partial charge in [-0.15, -0.1) is 0 Å². The van der Waals surface area contributed by atoms with Crippen molar-refractivity contribution in [1.29, 1.82) is 0 Å². The molecule has 0 saturated carbocycles. The van der Waals surface area contributed by atoms with E-state index in [1.165, 1.54) is 0 Å². The van der Waals surface area contributed by atoms with Crippen LogP contribution in [-0.2, 0) is 4.74 Å². The van der Waals surface area contributed by atoms with Crippen molar-refractivity contribution in [2.75, 3.05) is 48.4 Å². The maximum absolute atomic E-state index is 14.1. The van der Waals surface area contributed by atoms with Gasteiger partial charge in [-0.2, -0.15) is 4.98 Å². The molecular formula is C22H27ClFN5O. The number of rotatable bonds is 3. The van der Waals surface area contributed by atoms with Crippen molar-refractivity contribution in [3.63, 3.8) is 0 Å². The van der Waals surface area contributed by atoms with Gasteiger partial charge in [0.2, 0.25) is 5.95 Å². The first-order valence-electron chi connectivity index (χ1n) is 10.3. The fourth-order valence-corrected chi connectivity index (χ4v) is 4.36. The summed E-state index contributed by atoms with van der Waals surface area (Å²) < 4.78 is 20.0. The lowest BCUT2D eigenvalue weighted by Crippen LogP contribution is -2.32. The summed E-state index contributed by atoms with van der Waals surface area (Å²) in [5.41, 5.74) is 9.43. The number of aromatic nitrogens is 2. The molecule has 3 heterocycles. The number of nitrogen functional groups attached to an aromatic ring is 1. The molecule has 0 spiro atoms. The molecule has 0 unspecified atom stereocenters. The molecule has 0 radical (unpaired) electrons. The molecule has 2 aliphatic rings. The second-order valence-corrected chi connectivity index (χ2v) is 8.33. The highest BCUT2D eigenvalue weighted by molar-refractivity contribution is 6.31. The Kier molecular flexibility index (Phi) is 6.11. The first kappa shape index (κ1) is 20.9. The SMILES string of the molecule is CC1=C(F)CN(c2ccc([C@H]3COCCCN3c3cc(C)nc(N)n3)c(Cl)c2)CC1. The van der Waals surface area contributed by atoms with Gasteiger partial charge in [0.1, 0.15) is 11.6 Å². The van der Waals surface area contributed by atoms with E-state index >= 15 is 0 Å². The minimum Gasteiger partial charge on any atom is -0.379 e. The molecule has 0 aliphatic carbocycles. The number of ether oxygens (including phenoxy) is 1. The van der Waals surface area contributed by atoms with Gasteiger partial charge in [0, 0.05) is 42.2 Å².